The van der Waals surface area contributed by atoms with E-state index < -0.39 is 0 Å². The number of hydrogen-bond acceptors (Lipinski definition) is 8. The van der Waals surface area contributed by atoms with Crippen molar-refractivity contribution in [1.29, 1.82) is 0 Å². The van der Waals surface area contributed by atoms with Gasteiger partial charge in [0.1, 0.15) is 11.4 Å². The summed E-state index contributed by atoms with van der Waals surface area (Å²) in [6.07, 6.45) is 1.69. The van der Waals surface area contributed by atoms with Crippen LogP contribution in [0.1, 0.15) is 16.1 Å². The second kappa shape index (κ2) is 8.36. The van der Waals surface area contributed by atoms with Crippen molar-refractivity contribution in [2.75, 3.05) is 43.5 Å². The Balaban J connectivity index is 1.36. The van der Waals surface area contributed by atoms with E-state index in [4.69, 9.17) is 4.74 Å². The van der Waals surface area contributed by atoms with Crippen LogP contribution in [0.4, 0.5) is 17.5 Å². The Morgan fingerprint density at radius 3 is 2.53 bits per heavy atom. The molecule has 156 valence electrons. The molecule has 4 heterocycles. The molecule has 3 aromatic rings. The molecule has 0 saturated carbocycles. The zero-order valence-electron chi connectivity index (χ0n) is 17.2. The van der Waals surface area contributed by atoms with Crippen LogP contribution >= 0.6 is 0 Å². The Morgan fingerprint density at radius 2 is 1.87 bits per heavy atom. The highest BCUT2D eigenvalue weighted by Gasteiger charge is 2.26. The lowest BCUT2D eigenvalue weighted by molar-refractivity contribution is 0.0743. The molecule has 4 rings (SSSR count). The fourth-order valence-corrected chi connectivity index (χ4v) is 3.38. The van der Waals surface area contributed by atoms with E-state index in [2.05, 4.69) is 30.5 Å². The molecule has 0 bridgehead atoms. The Hall–Kier alpha value is -3.69. The molecular weight excluding hydrogens is 384 g/mol. The van der Waals surface area contributed by atoms with Gasteiger partial charge in [-0.3, -0.25) is 9.48 Å². The van der Waals surface area contributed by atoms with E-state index in [1.165, 1.54) is 7.11 Å². The summed E-state index contributed by atoms with van der Waals surface area (Å²) in [6, 6.07) is 9.57. The molecule has 10 nitrogen and oxygen atoms in total. The van der Waals surface area contributed by atoms with Gasteiger partial charge in [0.15, 0.2) is 11.6 Å². The van der Waals surface area contributed by atoms with Crippen LogP contribution in [0.15, 0.2) is 36.5 Å². The average molecular weight is 408 g/mol. The highest BCUT2D eigenvalue weighted by molar-refractivity contribution is 5.96. The number of anilines is 3. The molecule has 3 aromatic heterocycles. The summed E-state index contributed by atoms with van der Waals surface area (Å²) in [7, 11) is 3.28. The van der Waals surface area contributed by atoms with E-state index in [1.807, 2.05) is 42.2 Å². The first kappa shape index (κ1) is 19.6. The van der Waals surface area contributed by atoms with Gasteiger partial charge in [0.2, 0.25) is 5.88 Å². The van der Waals surface area contributed by atoms with Crippen molar-refractivity contribution in [1.82, 2.24) is 29.9 Å². The molecule has 30 heavy (non-hydrogen) atoms. The van der Waals surface area contributed by atoms with Crippen molar-refractivity contribution in [2.24, 2.45) is 7.05 Å². The summed E-state index contributed by atoms with van der Waals surface area (Å²) in [5.41, 5.74) is 1.41. The molecule has 0 atom stereocenters. The van der Waals surface area contributed by atoms with Crippen LogP contribution in [0.5, 0.6) is 5.88 Å². The first-order chi connectivity index (χ1) is 14.5. The third-order valence-corrected chi connectivity index (χ3v) is 4.90. The molecule has 1 aliphatic heterocycles. The monoisotopic (exact) mass is 408 g/mol. The van der Waals surface area contributed by atoms with Crippen LogP contribution in [0, 0.1) is 6.92 Å². The molecule has 0 radical (unpaired) electrons. The van der Waals surface area contributed by atoms with Crippen molar-refractivity contribution in [3.63, 3.8) is 0 Å². The summed E-state index contributed by atoms with van der Waals surface area (Å²) in [6.45, 7) is 4.47. The summed E-state index contributed by atoms with van der Waals surface area (Å²) in [5.74, 6) is 2.42. The minimum absolute atomic E-state index is 0.0733. The van der Waals surface area contributed by atoms with E-state index in [0.717, 1.165) is 17.3 Å². The molecule has 0 aromatic carbocycles. The first-order valence-electron chi connectivity index (χ1n) is 9.70. The van der Waals surface area contributed by atoms with E-state index in [1.54, 1.807) is 17.9 Å². The minimum Gasteiger partial charge on any atom is -0.479 e. The van der Waals surface area contributed by atoms with E-state index in [9.17, 15) is 4.79 Å². The number of methoxy groups -OCH3 is 1. The third kappa shape index (κ3) is 4.17. The fraction of sp³-hybridized carbons (Fsp3) is 0.350. The van der Waals surface area contributed by atoms with Crippen molar-refractivity contribution in [2.45, 2.75) is 6.92 Å². The molecule has 1 N–H and O–H groups in total. The number of piperazine rings is 1. The number of rotatable bonds is 5. The largest absolute Gasteiger partial charge is 0.479 e. The van der Waals surface area contributed by atoms with Gasteiger partial charge < -0.3 is 19.9 Å². The van der Waals surface area contributed by atoms with Gasteiger partial charge in [-0.15, -0.1) is 15.3 Å². The first-order valence-corrected chi connectivity index (χ1v) is 9.70. The Morgan fingerprint density at radius 1 is 1.07 bits per heavy atom. The minimum atomic E-state index is -0.0733. The molecule has 1 fully saturated rings. The van der Waals surface area contributed by atoms with Crippen molar-refractivity contribution in [3.05, 3.63) is 47.8 Å². The number of nitrogens with zero attached hydrogens (tertiary/aromatic N) is 7. The number of ether oxygens (including phenoxy) is 1. The molecule has 1 saturated heterocycles. The van der Waals surface area contributed by atoms with Gasteiger partial charge in [-0.1, -0.05) is 6.07 Å². The summed E-state index contributed by atoms with van der Waals surface area (Å²) in [5, 5.41) is 15.9. The van der Waals surface area contributed by atoms with Crippen LogP contribution in [0.25, 0.3) is 0 Å². The van der Waals surface area contributed by atoms with Crippen molar-refractivity contribution in [3.8, 4) is 5.88 Å². The van der Waals surface area contributed by atoms with E-state index >= 15 is 0 Å². The van der Waals surface area contributed by atoms with Crippen molar-refractivity contribution < 1.29 is 9.53 Å². The van der Waals surface area contributed by atoms with E-state index in [-0.39, 0.29) is 5.91 Å². The zero-order chi connectivity index (χ0) is 21.1. The Labute approximate surface area is 174 Å². The number of pyridine rings is 1. The molecule has 0 aliphatic carbocycles. The van der Waals surface area contributed by atoms with Crippen LogP contribution in [-0.4, -0.2) is 69.1 Å². The number of carbonyl (C=O) groups is 1. The normalized spacial score (nSPS) is 14.0. The standard InChI is InChI=1S/C20H24N8O2/c1-14-5-4-6-16(21-14)22-17-7-8-18(24-23-17)27-9-11-28(12-10-27)20(29)15-13-26(2)25-19(15)30-3/h4-8,13H,9-12H2,1-3H3,(H,21,22,23). The molecule has 1 amide bonds. The summed E-state index contributed by atoms with van der Waals surface area (Å²) >= 11 is 0. The van der Waals surface area contributed by atoms with Gasteiger partial charge in [0, 0.05) is 45.1 Å². The fourth-order valence-electron chi connectivity index (χ4n) is 3.38. The Kier molecular flexibility index (Phi) is 5.46. The molecule has 10 heteroatoms. The molecule has 0 spiro atoms. The van der Waals surface area contributed by atoms with E-state index in [0.29, 0.717) is 43.4 Å². The van der Waals surface area contributed by atoms with Crippen LogP contribution in [0.2, 0.25) is 0 Å². The van der Waals surface area contributed by atoms with Crippen LogP contribution < -0.4 is 15.0 Å². The lowest BCUT2D eigenvalue weighted by Crippen LogP contribution is -2.49. The maximum Gasteiger partial charge on any atom is 0.261 e. The predicted octanol–water partition coefficient (Wildman–Crippen LogP) is 1.63. The lowest BCUT2D eigenvalue weighted by atomic mass is 10.2. The van der Waals surface area contributed by atoms with Gasteiger partial charge in [-0.25, -0.2) is 4.98 Å². The van der Waals surface area contributed by atoms with Gasteiger partial charge >= 0.3 is 0 Å². The van der Waals surface area contributed by atoms with Crippen LogP contribution in [0.3, 0.4) is 0 Å². The number of hydrogen-bond donors (Lipinski definition) is 1. The number of aromatic nitrogens is 5. The zero-order valence-corrected chi connectivity index (χ0v) is 17.2. The summed E-state index contributed by atoms with van der Waals surface area (Å²) in [4.78, 5) is 21.1. The second-order valence-corrected chi connectivity index (χ2v) is 7.07. The number of amides is 1. The smallest absolute Gasteiger partial charge is 0.261 e. The van der Waals surface area contributed by atoms with Gasteiger partial charge in [0.25, 0.3) is 5.91 Å². The molecule has 1 aliphatic rings. The van der Waals surface area contributed by atoms with Gasteiger partial charge in [-0.05, 0) is 31.2 Å². The van der Waals surface area contributed by atoms with Gasteiger partial charge in [0.05, 0.1) is 7.11 Å². The maximum atomic E-state index is 12.8. The quantitative estimate of drug-likeness (QED) is 0.680. The number of nitrogens with one attached hydrogen (secondary N) is 1. The Bertz CT molecular complexity index is 1030. The third-order valence-electron chi connectivity index (χ3n) is 4.90. The number of aryl methyl sites for hydroxylation is 2. The second-order valence-electron chi connectivity index (χ2n) is 7.07. The highest BCUT2D eigenvalue weighted by atomic mass is 16.5. The molecule has 0 unspecified atom stereocenters. The molecular formula is C20H24N8O2. The van der Waals surface area contributed by atoms with Crippen molar-refractivity contribution >= 4 is 23.4 Å². The average Bonchev–Trinajstić information content (AvgIpc) is 3.15. The van der Waals surface area contributed by atoms with Crippen LogP contribution in [-0.2, 0) is 7.05 Å². The van der Waals surface area contributed by atoms with Gasteiger partial charge in [-0.2, -0.15) is 0 Å². The highest BCUT2D eigenvalue weighted by Crippen LogP contribution is 2.20. The summed E-state index contributed by atoms with van der Waals surface area (Å²) < 4.78 is 6.79. The predicted molar refractivity (Wildman–Crippen MR) is 112 cm³/mol. The maximum absolute atomic E-state index is 12.8. The number of carbonyl (C=O) groups excluding carboxylic acids is 1. The SMILES string of the molecule is COc1nn(C)cc1C(=O)N1CCN(c2ccc(Nc3cccc(C)n3)nn2)CC1. The lowest BCUT2D eigenvalue weighted by Gasteiger charge is -2.35. The topological polar surface area (TPSA) is 101 Å².